The van der Waals surface area contributed by atoms with Gasteiger partial charge in [-0.25, -0.2) is 4.39 Å². The minimum Gasteiger partial charge on any atom is -0.322 e. The van der Waals surface area contributed by atoms with Crippen LogP contribution in [0.3, 0.4) is 0 Å². The highest BCUT2D eigenvalue weighted by Gasteiger charge is 2.14. The van der Waals surface area contributed by atoms with Crippen LogP contribution < -0.4 is 11.1 Å². The molecular formula is C10H14FN3OS. The molecule has 0 aromatic carbocycles. The van der Waals surface area contributed by atoms with E-state index in [-0.39, 0.29) is 11.6 Å². The van der Waals surface area contributed by atoms with E-state index in [0.717, 1.165) is 11.9 Å². The standard InChI is InChI=1S/C10H14FN3OS/c1-16-5-3-8(12)10(15)14-9-2-4-13-6-7(9)11/h2,4,6,8H,3,5,12H2,1H3,(H,13,14,15)/t8-/m1/s1. The molecule has 0 spiro atoms. The van der Waals surface area contributed by atoms with Crippen LogP contribution in [0.25, 0.3) is 0 Å². The summed E-state index contributed by atoms with van der Waals surface area (Å²) in [7, 11) is 0. The Morgan fingerprint density at radius 3 is 3.12 bits per heavy atom. The largest absolute Gasteiger partial charge is 0.322 e. The van der Waals surface area contributed by atoms with Gasteiger partial charge in [0.2, 0.25) is 5.91 Å². The van der Waals surface area contributed by atoms with E-state index < -0.39 is 11.9 Å². The highest BCUT2D eigenvalue weighted by Crippen LogP contribution is 2.11. The van der Waals surface area contributed by atoms with E-state index in [0.29, 0.717) is 6.42 Å². The number of pyridine rings is 1. The average Bonchev–Trinajstić information content (AvgIpc) is 2.28. The van der Waals surface area contributed by atoms with Crippen LogP contribution in [0, 0.1) is 5.82 Å². The van der Waals surface area contributed by atoms with Crippen LogP contribution in [0.4, 0.5) is 10.1 Å². The van der Waals surface area contributed by atoms with Gasteiger partial charge in [-0.05, 0) is 24.5 Å². The van der Waals surface area contributed by atoms with E-state index >= 15 is 0 Å². The molecule has 0 unspecified atom stereocenters. The van der Waals surface area contributed by atoms with Crippen molar-refractivity contribution in [3.63, 3.8) is 0 Å². The van der Waals surface area contributed by atoms with Crippen LogP contribution >= 0.6 is 11.8 Å². The van der Waals surface area contributed by atoms with Crippen molar-refractivity contribution in [1.82, 2.24) is 4.98 Å². The molecule has 88 valence electrons. The van der Waals surface area contributed by atoms with Crippen LogP contribution in [-0.2, 0) is 4.79 Å². The molecule has 1 rings (SSSR count). The van der Waals surface area contributed by atoms with Gasteiger partial charge in [0.15, 0.2) is 5.82 Å². The lowest BCUT2D eigenvalue weighted by Gasteiger charge is -2.11. The quantitative estimate of drug-likeness (QED) is 0.816. The minimum atomic E-state index is -0.611. The normalized spacial score (nSPS) is 12.2. The molecule has 0 aliphatic carbocycles. The molecule has 4 nitrogen and oxygen atoms in total. The molecule has 0 saturated carbocycles. The topological polar surface area (TPSA) is 68.0 Å². The zero-order valence-corrected chi connectivity index (χ0v) is 9.76. The van der Waals surface area contributed by atoms with Gasteiger partial charge in [-0.3, -0.25) is 9.78 Å². The number of carbonyl (C=O) groups excluding carboxylic acids is 1. The van der Waals surface area contributed by atoms with Crippen molar-refractivity contribution in [3.05, 3.63) is 24.3 Å². The molecule has 0 saturated heterocycles. The third kappa shape index (κ3) is 3.79. The lowest BCUT2D eigenvalue weighted by atomic mass is 10.2. The number of carbonyl (C=O) groups is 1. The van der Waals surface area contributed by atoms with Gasteiger partial charge in [0, 0.05) is 6.20 Å². The van der Waals surface area contributed by atoms with E-state index in [1.807, 2.05) is 6.26 Å². The Labute approximate surface area is 97.8 Å². The molecule has 1 amide bonds. The number of nitrogens with one attached hydrogen (secondary N) is 1. The SMILES string of the molecule is CSCC[C@@H](N)C(=O)Nc1ccncc1F. The maximum absolute atomic E-state index is 13.1. The molecule has 1 heterocycles. The van der Waals surface area contributed by atoms with Crippen molar-refractivity contribution in [2.24, 2.45) is 5.73 Å². The Kier molecular flexibility index (Phi) is 5.21. The predicted octanol–water partition coefficient (Wildman–Crippen LogP) is 1.24. The number of nitrogens with zero attached hydrogens (tertiary/aromatic N) is 1. The number of rotatable bonds is 5. The zero-order chi connectivity index (χ0) is 12.0. The van der Waals surface area contributed by atoms with Crippen LogP contribution in [0.5, 0.6) is 0 Å². The lowest BCUT2D eigenvalue weighted by molar-refractivity contribution is -0.117. The fourth-order valence-corrected chi connectivity index (χ4v) is 1.57. The summed E-state index contributed by atoms with van der Waals surface area (Å²) in [5.41, 5.74) is 5.75. The van der Waals surface area contributed by atoms with Crippen molar-refractivity contribution < 1.29 is 9.18 Å². The first kappa shape index (κ1) is 12.9. The van der Waals surface area contributed by atoms with Gasteiger partial charge in [0.1, 0.15) is 0 Å². The Hall–Kier alpha value is -1.14. The Morgan fingerprint density at radius 1 is 1.75 bits per heavy atom. The summed E-state index contributed by atoms with van der Waals surface area (Å²) >= 11 is 1.61. The van der Waals surface area contributed by atoms with Crippen molar-refractivity contribution >= 4 is 23.4 Å². The number of nitrogens with two attached hydrogens (primary N) is 1. The molecule has 0 radical (unpaired) electrons. The summed E-state index contributed by atoms with van der Waals surface area (Å²) in [5.74, 6) is -0.139. The Morgan fingerprint density at radius 2 is 2.50 bits per heavy atom. The first-order valence-electron chi connectivity index (χ1n) is 4.80. The van der Waals surface area contributed by atoms with Crippen molar-refractivity contribution in [3.8, 4) is 0 Å². The molecule has 3 N–H and O–H groups in total. The third-order valence-electron chi connectivity index (χ3n) is 2.00. The highest BCUT2D eigenvalue weighted by atomic mass is 32.2. The minimum absolute atomic E-state index is 0.111. The van der Waals surface area contributed by atoms with Crippen molar-refractivity contribution in [2.75, 3.05) is 17.3 Å². The maximum Gasteiger partial charge on any atom is 0.241 e. The molecule has 1 aromatic heterocycles. The number of hydrogen-bond acceptors (Lipinski definition) is 4. The maximum atomic E-state index is 13.1. The summed E-state index contributed by atoms with van der Waals surface area (Å²) in [6, 6.07) is 0.786. The number of aromatic nitrogens is 1. The van der Waals surface area contributed by atoms with E-state index in [1.54, 1.807) is 11.8 Å². The van der Waals surface area contributed by atoms with Crippen molar-refractivity contribution in [1.29, 1.82) is 0 Å². The second-order valence-electron chi connectivity index (χ2n) is 3.23. The number of hydrogen-bond donors (Lipinski definition) is 2. The number of halogens is 1. The van der Waals surface area contributed by atoms with E-state index in [1.165, 1.54) is 12.3 Å². The molecular weight excluding hydrogens is 229 g/mol. The second kappa shape index (κ2) is 6.44. The van der Waals surface area contributed by atoms with Crippen LogP contribution in [0.1, 0.15) is 6.42 Å². The number of amides is 1. The van der Waals surface area contributed by atoms with Gasteiger partial charge in [-0.1, -0.05) is 0 Å². The molecule has 0 bridgehead atoms. The molecule has 1 aromatic rings. The fraction of sp³-hybridized carbons (Fsp3) is 0.400. The summed E-state index contributed by atoms with van der Waals surface area (Å²) in [6.45, 7) is 0. The van der Waals surface area contributed by atoms with Gasteiger partial charge in [0.05, 0.1) is 17.9 Å². The monoisotopic (exact) mass is 243 g/mol. The van der Waals surface area contributed by atoms with E-state index in [9.17, 15) is 9.18 Å². The first-order chi connectivity index (χ1) is 7.65. The molecule has 0 fully saturated rings. The Balaban J connectivity index is 2.54. The summed E-state index contributed by atoms with van der Waals surface area (Å²) in [6.07, 6.45) is 4.96. The fourth-order valence-electron chi connectivity index (χ4n) is 1.08. The van der Waals surface area contributed by atoms with Crippen molar-refractivity contribution in [2.45, 2.75) is 12.5 Å². The van der Waals surface area contributed by atoms with Gasteiger partial charge in [-0.2, -0.15) is 11.8 Å². The number of thioether (sulfide) groups is 1. The summed E-state index contributed by atoms with van der Waals surface area (Å²) in [5, 5.41) is 2.43. The first-order valence-corrected chi connectivity index (χ1v) is 6.19. The van der Waals surface area contributed by atoms with Gasteiger partial charge in [0.25, 0.3) is 0 Å². The molecule has 16 heavy (non-hydrogen) atoms. The van der Waals surface area contributed by atoms with Crippen LogP contribution in [-0.4, -0.2) is 28.9 Å². The van der Waals surface area contributed by atoms with Gasteiger partial charge < -0.3 is 11.1 Å². The second-order valence-corrected chi connectivity index (χ2v) is 4.22. The van der Waals surface area contributed by atoms with Crippen LogP contribution in [0.2, 0.25) is 0 Å². The Bertz CT molecular complexity index is 362. The average molecular weight is 243 g/mol. The number of anilines is 1. The van der Waals surface area contributed by atoms with E-state index in [4.69, 9.17) is 5.73 Å². The molecule has 0 aliphatic rings. The summed E-state index contributed by atoms with van der Waals surface area (Å²) < 4.78 is 13.1. The van der Waals surface area contributed by atoms with Crippen LogP contribution in [0.15, 0.2) is 18.5 Å². The molecule has 1 atom stereocenters. The zero-order valence-electron chi connectivity index (χ0n) is 8.94. The molecule has 6 heteroatoms. The predicted molar refractivity (Wildman–Crippen MR) is 63.8 cm³/mol. The summed E-state index contributed by atoms with van der Waals surface area (Å²) in [4.78, 5) is 15.1. The molecule has 0 aliphatic heterocycles. The lowest BCUT2D eigenvalue weighted by Crippen LogP contribution is -2.36. The third-order valence-corrected chi connectivity index (χ3v) is 2.64. The smallest absolute Gasteiger partial charge is 0.241 e. The van der Waals surface area contributed by atoms with Gasteiger partial charge >= 0.3 is 0 Å². The highest BCUT2D eigenvalue weighted by molar-refractivity contribution is 7.98. The van der Waals surface area contributed by atoms with Gasteiger partial charge in [-0.15, -0.1) is 0 Å². The van der Waals surface area contributed by atoms with E-state index in [2.05, 4.69) is 10.3 Å².